The molecule has 0 spiro atoms. The minimum Gasteiger partial charge on any atom is -0.369 e. The lowest BCUT2D eigenvalue weighted by Crippen LogP contribution is -2.32. The highest BCUT2D eigenvalue weighted by Gasteiger charge is 2.28. The van der Waals surface area contributed by atoms with Crippen molar-refractivity contribution >= 4 is 0 Å². The van der Waals surface area contributed by atoms with Crippen molar-refractivity contribution in [3.05, 3.63) is 29.8 Å². The molecule has 1 heteroatoms. The molecular weight excluding hydrogens is 170 g/mol. The maximum Gasteiger partial charge on any atom is 0.0262 e. The normalized spacial score (nSPS) is 32.9. The van der Waals surface area contributed by atoms with Crippen molar-refractivity contribution in [3.63, 3.8) is 0 Å². The Labute approximate surface area is 87.5 Å². The molecule has 1 nitrogen and oxygen atoms in total. The van der Waals surface area contributed by atoms with Crippen LogP contribution in [-0.2, 0) is 0 Å². The van der Waals surface area contributed by atoms with Gasteiger partial charge in [0.25, 0.3) is 0 Å². The van der Waals surface area contributed by atoms with E-state index in [1.165, 1.54) is 24.1 Å². The summed E-state index contributed by atoms with van der Waals surface area (Å²) in [5.74, 6) is 0. The van der Waals surface area contributed by atoms with E-state index in [2.05, 4.69) is 44.2 Å². The predicted octanol–water partition coefficient (Wildman–Crippen LogP) is 3.30. The van der Waals surface area contributed by atoms with Crippen LogP contribution in [0.5, 0.6) is 0 Å². The first-order chi connectivity index (χ1) is 6.68. The molecule has 0 aromatic heterocycles. The lowest BCUT2D eigenvalue weighted by atomic mass is 10.0. The van der Waals surface area contributed by atoms with E-state index < -0.39 is 0 Å². The van der Waals surface area contributed by atoms with E-state index in [0.29, 0.717) is 0 Å². The van der Waals surface area contributed by atoms with Gasteiger partial charge in [-0.1, -0.05) is 11.6 Å². The van der Waals surface area contributed by atoms with Gasteiger partial charge in [-0.05, 0) is 46.1 Å². The zero-order valence-corrected chi connectivity index (χ0v) is 9.46. The molecule has 0 aromatic rings. The van der Waals surface area contributed by atoms with Gasteiger partial charge in [0.2, 0.25) is 0 Å². The highest BCUT2D eigenvalue weighted by Crippen LogP contribution is 2.31. The lowest BCUT2D eigenvalue weighted by molar-refractivity contribution is 0.280. The molecule has 77 valence electrons. The highest BCUT2D eigenvalue weighted by molar-refractivity contribution is 5.32. The summed E-state index contributed by atoms with van der Waals surface area (Å²) in [6.45, 7) is 6.87. The molecule has 1 radical (unpaired) electrons. The standard InChI is InChI=1S/C13H20N/c1-10-5-4-6-13(9-10)14-11(2)7-8-12(14)3/h5-6,9,11-12H,4,7-8H2,1-3H3. The summed E-state index contributed by atoms with van der Waals surface area (Å²) in [7, 11) is 0. The summed E-state index contributed by atoms with van der Waals surface area (Å²) in [6, 6.07) is 1.44. The maximum absolute atomic E-state index is 2.58. The summed E-state index contributed by atoms with van der Waals surface area (Å²) in [6.07, 6.45) is 10.7. The first kappa shape index (κ1) is 9.82. The molecule has 2 aliphatic rings. The zero-order chi connectivity index (χ0) is 10.1. The monoisotopic (exact) mass is 190 g/mol. The third kappa shape index (κ3) is 1.73. The Kier molecular flexibility index (Phi) is 2.66. The summed E-state index contributed by atoms with van der Waals surface area (Å²) >= 11 is 0. The Morgan fingerprint density at radius 2 is 1.86 bits per heavy atom. The Morgan fingerprint density at radius 1 is 1.21 bits per heavy atom. The number of hydrogen-bond donors (Lipinski definition) is 0. The van der Waals surface area contributed by atoms with Crippen LogP contribution in [0.15, 0.2) is 23.4 Å². The van der Waals surface area contributed by atoms with Gasteiger partial charge in [-0.3, -0.25) is 0 Å². The SMILES string of the molecule is CC1=CC[CH]C(N2C(C)CCC2C)=C1. The van der Waals surface area contributed by atoms with E-state index in [9.17, 15) is 0 Å². The van der Waals surface area contributed by atoms with Gasteiger partial charge in [0.15, 0.2) is 0 Å². The predicted molar refractivity (Wildman–Crippen MR) is 60.8 cm³/mol. The van der Waals surface area contributed by atoms with E-state index in [1.54, 1.807) is 0 Å². The van der Waals surface area contributed by atoms with Gasteiger partial charge in [0.1, 0.15) is 0 Å². The Morgan fingerprint density at radius 3 is 2.43 bits per heavy atom. The van der Waals surface area contributed by atoms with Crippen molar-refractivity contribution in [3.8, 4) is 0 Å². The first-order valence-corrected chi connectivity index (χ1v) is 5.68. The van der Waals surface area contributed by atoms with Gasteiger partial charge in [-0.15, -0.1) is 0 Å². The molecule has 0 N–H and O–H groups in total. The molecule has 1 saturated heterocycles. The van der Waals surface area contributed by atoms with E-state index in [1.807, 2.05) is 0 Å². The number of likely N-dealkylation sites (tertiary alicyclic amines) is 1. The van der Waals surface area contributed by atoms with Crippen molar-refractivity contribution in [2.75, 3.05) is 0 Å². The second-order valence-electron chi connectivity index (χ2n) is 4.64. The molecule has 0 aromatic carbocycles. The van der Waals surface area contributed by atoms with Crippen LogP contribution in [0.4, 0.5) is 0 Å². The molecule has 1 aliphatic carbocycles. The molecule has 2 atom stereocenters. The van der Waals surface area contributed by atoms with Gasteiger partial charge < -0.3 is 4.90 Å². The fourth-order valence-corrected chi connectivity index (χ4v) is 2.60. The van der Waals surface area contributed by atoms with Crippen molar-refractivity contribution in [1.29, 1.82) is 0 Å². The summed E-state index contributed by atoms with van der Waals surface area (Å²) in [5, 5.41) is 0. The van der Waals surface area contributed by atoms with Crippen LogP contribution in [-0.4, -0.2) is 17.0 Å². The fraction of sp³-hybridized carbons (Fsp3) is 0.615. The van der Waals surface area contributed by atoms with Crippen LogP contribution in [0.25, 0.3) is 0 Å². The molecule has 14 heavy (non-hydrogen) atoms. The smallest absolute Gasteiger partial charge is 0.0262 e. The van der Waals surface area contributed by atoms with Crippen molar-refractivity contribution in [1.82, 2.24) is 4.90 Å². The molecule has 2 unspecified atom stereocenters. The summed E-state index contributed by atoms with van der Waals surface area (Å²) in [5.41, 5.74) is 2.86. The van der Waals surface area contributed by atoms with E-state index in [0.717, 1.165) is 18.5 Å². The van der Waals surface area contributed by atoms with Gasteiger partial charge in [-0.25, -0.2) is 0 Å². The van der Waals surface area contributed by atoms with E-state index >= 15 is 0 Å². The summed E-state index contributed by atoms with van der Waals surface area (Å²) < 4.78 is 0. The van der Waals surface area contributed by atoms with Crippen LogP contribution in [0.3, 0.4) is 0 Å². The van der Waals surface area contributed by atoms with E-state index in [-0.39, 0.29) is 0 Å². The van der Waals surface area contributed by atoms with Crippen LogP contribution in [0.1, 0.15) is 40.0 Å². The van der Waals surface area contributed by atoms with Crippen molar-refractivity contribution < 1.29 is 0 Å². The third-order valence-corrected chi connectivity index (χ3v) is 3.39. The van der Waals surface area contributed by atoms with Crippen molar-refractivity contribution in [2.45, 2.75) is 52.1 Å². The van der Waals surface area contributed by atoms with Gasteiger partial charge in [0.05, 0.1) is 0 Å². The number of allylic oxidation sites excluding steroid dienone is 4. The minimum absolute atomic E-state index is 0.721. The number of hydrogen-bond acceptors (Lipinski definition) is 1. The van der Waals surface area contributed by atoms with E-state index in [4.69, 9.17) is 0 Å². The average Bonchev–Trinajstić information content (AvgIpc) is 2.46. The first-order valence-electron chi connectivity index (χ1n) is 5.68. The van der Waals surface area contributed by atoms with Crippen LogP contribution < -0.4 is 0 Å². The molecule has 1 fully saturated rings. The largest absolute Gasteiger partial charge is 0.369 e. The minimum atomic E-state index is 0.721. The van der Waals surface area contributed by atoms with Crippen LogP contribution in [0, 0.1) is 6.42 Å². The Balaban J connectivity index is 2.17. The zero-order valence-electron chi connectivity index (χ0n) is 9.46. The molecule has 0 amide bonds. The third-order valence-electron chi connectivity index (χ3n) is 3.39. The Bertz CT molecular complexity index is 265. The second-order valence-corrected chi connectivity index (χ2v) is 4.64. The highest BCUT2D eigenvalue weighted by atomic mass is 15.2. The quantitative estimate of drug-likeness (QED) is 0.613. The Hall–Kier alpha value is -0.720. The second kappa shape index (κ2) is 3.80. The fourth-order valence-electron chi connectivity index (χ4n) is 2.60. The van der Waals surface area contributed by atoms with Crippen molar-refractivity contribution in [2.24, 2.45) is 0 Å². The molecule has 2 rings (SSSR count). The lowest BCUT2D eigenvalue weighted by Gasteiger charge is -2.32. The number of rotatable bonds is 1. The summed E-state index contributed by atoms with van der Waals surface area (Å²) in [4.78, 5) is 2.58. The topological polar surface area (TPSA) is 3.24 Å². The molecule has 1 heterocycles. The van der Waals surface area contributed by atoms with Gasteiger partial charge in [-0.2, -0.15) is 0 Å². The van der Waals surface area contributed by atoms with Gasteiger partial charge in [0, 0.05) is 24.2 Å². The number of nitrogens with zero attached hydrogens (tertiary/aromatic N) is 1. The molecular formula is C13H20N. The maximum atomic E-state index is 2.58. The van der Waals surface area contributed by atoms with Crippen LogP contribution in [0.2, 0.25) is 0 Å². The van der Waals surface area contributed by atoms with Gasteiger partial charge >= 0.3 is 0 Å². The van der Waals surface area contributed by atoms with Crippen LogP contribution >= 0.6 is 0 Å². The molecule has 0 bridgehead atoms. The molecule has 1 aliphatic heterocycles. The molecule has 0 saturated carbocycles. The average molecular weight is 190 g/mol.